The number of ether oxygens (including phenoxy) is 1. The predicted molar refractivity (Wildman–Crippen MR) is 109 cm³/mol. The maximum atomic E-state index is 12.8. The smallest absolute Gasteiger partial charge is 0.317 e. The summed E-state index contributed by atoms with van der Waals surface area (Å²) in [5.74, 6) is 0.148. The zero-order chi connectivity index (χ0) is 20.1. The van der Waals surface area contributed by atoms with Gasteiger partial charge in [-0.25, -0.2) is 4.79 Å². The molecule has 3 rings (SSSR count). The lowest BCUT2D eigenvalue weighted by Crippen LogP contribution is -2.53. The van der Waals surface area contributed by atoms with Gasteiger partial charge >= 0.3 is 6.03 Å². The molecule has 2 aliphatic rings. The lowest BCUT2D eigenvalue weighted by Gasteiger charge is -2.39. The van der Waals surface area contributed by atoms with Crippen LogP contribution in [0.3, 0.4) is 0 Å². The highest BCUT2D eigenvalue weighted by Crippen LogP contribution is 2.21. The van der Waals surface area contributed by atoms with Crippen LogP contribution in [0.5, 0.6) is 0 Å². The Morgan fingerprint density at radius 1 is 1.32 bits per heavy atom. The number of likely N-dealkylation sites (tertiary alicyclic amines) is 1. The van der Waals surface area contributed by atoms with E-state index in [0.29, 0.717) is 19.7 Å². The first-order valence-corrected chi connectivity index (χ1v) is 10.5. The fourth-order valence-corrected chi connectivity index (χ4v) is 4.07. The minimum atomic E-state index is -0.118. The molecule has 1 aromatic rings. The van der Waals surface area contributed by atoms with Crippen molar-refractivity contribution in [2.24, 2.45) is 5.92 Å². The number of piperidine rings is 1. The number of hydrogen-bond donors (Lipinski definition) is 1. The summed E-state index contributed by atoms with van der Waals surface area (Å²) in [6, 6.07) is 5.67. The third-order valence-electron chi connectivity index (χ3n) is 5.75. The van der Waals surface area contributed by atoms with E-state index in [-0.39, 0.29) is 23.9 Å². The molecule has 0 aromatic heterocycles. The molecule has 2 fully saturated rings. The topological polar surface area (TPSA) is 61.9 Å². The molecule has 28 heavy (non-hydrogen) atoms. The number of hydrogen-bond acceptors (Lipinski definition) is 3. The zero-order valence-electron chi connectivity index (χ0n) is 16.7. The molecule has 1 aromatic carbocycles. The largest absolute Gasteiger partial charge is 0.381 e. The van der Waals surface area contributed by atoms with E-state index in [9.17, 15) is 9.59 Å². The van der Waals surface area contributed by atoms with Crippen molar-refractivity contribution in [2.45, 2.75) is 45.2 Å². The Morgan fingerprint density at radius 3 is 2.86 bits per heavy atom. The molecule has 0 radical (unpaired) electrons. The molecule has 0 saturated carbocycles. The number of halogens is 1. The van der Waals surface area contributed by atoms with Crippen molar-refractivity contribution in [1.29, 1.82) is 0 Å². The Hall–Kier alpha value is -1.79. The van der Waals surface area contributed by atoms with Crippen LogP contribution in [0.25, 0.3) is 0 Å². The fourth-order valence-electron chi connectivity index (χ4n) is 3.95. The number of carbonyl (C=O) groups excluding carboxylic acids is 2. The van der Waals surface area contributed by atoms with E-state index in [1.165, 1.54) is 0 Å². The van der Waals surface area contributed by atoms with Gasteiger partial charge in [-0.05, 0) is 49.8 Å². The zero-order valence-corrected chi connectivity index (χ0v) is 17.5. The number of aryl methyl sites for hydroxylation is 1. The van der Waals surface area contributed by atoms with Gasteiger partial charge in [0.1, 0.15) is 0 Å². The monoisotopic (exact) mass is 407 g/mol. The van der Waals surface area contributed by atoms with Crippen LogP contribution in [-0.4, -0.2) is 61.1 Å². The van der Waals surface area contributed by atoms with E-state index in [4.69, 9.17) is 16.3 Å². The average molecular weight is 408 g/mol. The first kappa shape index (κ1) is 20.9. The van der Waals surface area contributed by atoms with Gasteiger partial charge in [0.15, 0.2) is 0 Å². The van der Waals surface area contributed by atoms with Gasteiger partial charge in [-0.15, -0.1) is 0 Å². The molecule has 1 N–H and O–H groups in total. The van der Waals surface area contributed by atoms with Crippen molar-refractivity contribution in [1.82, 2.24) is 15.1 Å². The first-order valence-electron chi connectivity index (χ1n) is 10.1. The van der Waals surface area contributed by atoms with Gasteiger partial charge in [0.25, 0.3) is 0 Å². The summed E-state index contributed by atoms with van der Waals surface area (Å²) in [5, 5.41) is 3.70. The Labute approximate surface area is 172 Å². The molecule has 2 saturated heterocycles. The summed E-state index contributed by atoms with van der Waals surface area (Å²) in [6.07, 6.45) is 3.67. The van der Waals surface area contributed by atoms with Crippen LogP contribution in [0.4, 0.5) is 4.79 Å². The molecule has 0 aliphatic carbocycles. The van der Waals surface area contributed by atoms with Gasteiger partial charge in [-0.3, -0.25) is 4.79 Å². The Kier molecular flexibility index (Phi) is 7.18. The molecule has 7 heteroatoms. The Morgan fingerprint density at radius 2 is 2.14 bits per heavy atom. The van der Waals surface area contributed by atoms with E-state index in [2.05, 4.69) is 5.32 Å². The van der Waals surface area contributed by atoms with E-state index >= 15 is 0 Å². The second kappa shape index (κ2) is 9.61. The third-order valence-corrected chi connectivity index (χ3v) is 6.18. The molecule has 2 heterocycles. The van der Waals surface area contributed by atoms with Crippen LogP contribution < -0.4 is 5.32 Å². The number of likely N-dealkylation sites (N-methyl/N-ethyl adjacent to an activating group) is 1. The standard InChI is InChI=1S/C21H30ClN3O3/c1-15-11-16(7-8-19(15)22)12-23-21(27)24(2)18-6-3-9-25(13-18)20(26)17-5-4-10-28-14-17/h7-8,11,17-18H,3-6,9-10,12-14H2,1-2H3,(H,23,27)/t17?,18-/m1/s1. The molecule has 6 nitrogen and oxygen atoms in total. The lowest BCUT2D eigenvalue weighted by molar-refractivity contribution is -0.141. The number of nitrogens with zero attached hydrogens (tertiary/aromatic N) is 2. The molecule has 2 aliphatic heterocycles. The van der Waals surface area contributed by atoms with Crippen LogP contribution in [0, 0.1) is 12.8 Å². The third kappa shape index (κ3) is 5.17. The Balaban J connectivity index is 1.52. The van der Waals surface area contributed by atoms with Crippen molar-refractivity contribution in [2.75, 3.05) is 33.4 Å². The summed E-state index contributed by atoms with van der Waals surface area (Å²) >= 11 is 6.06. The lowest BCUT2D eigenvalue weighted by atomic mass is 9.97. The van der Waals surface area contributed by atoms with Crippen LogP contribution in [-0.2, 0) is 16.1 Å². The van der Waals surface area contributed by atoms with Crippen LogP contribution in [0.1, 0.15) is 36.8 Å². The van der Waals surface area contributed by atoms with E-state index in [1.54, 1.807) is 4.90 Å². The highest BCUT2D eigenvalue weighted by Gasteiger charge is 2.32. The van der Waals surface area contributed by atoms with Gasteiger partial charge in [0.2, 0.25) is 5.91 Å². The molecule has 0 bridgehead atoms. The van der Waals surface area contributed by atoms with Gasteiger partial charge in [0.05, 0.1) is 18.6 Å². The van der Waals surface area contributed by atoms with Gasteiger partial charge < -0.3 is 19.9 Å². The number of amides is 3. The average Bonchev–Trinajstić information content (AvgIpc) is 2.74. The number of rotatable bonds is 4. The number of benzene rings is 1. The summed E-state index contributed by atoms with van der Waals surface area (Å²) in [4.78, 5) is 29.0. The number of carbonyl (C=O) groups is 2. The molecular weight excluding hydrogens is 378 g/mol. The summed E-state index contributed by atoms with van der Waals surface area (Å²) in [7, 11) is 1.81. The maximum Gasteiger partial charge on any atom is 0.317 e. The number of urea groups is 1. The molecule has 2 atom stereocenters. The van der Waals surface area contributed by atoms with Crippen molar-refractivity contribution in [3.05, 3.63) is 34.3 Å². The molecule has 0 spiro atoms. The van der Waals surface area contributed by atoms with Crippen molar-refractivity contribution in [3.8, 4) is 0 Å². The van der Waals surface area contributed by atoms with Gasteiger partial charge in [-0.1, -0.05) is 23.7 Å². The van der Waals surface area contributed by atoms with Crippen molar-refractivity contribution < 1.29 is 14.3 Å². The highest BCUT2D eigenvalue weighted by atomic mass is 35.5. The quantitative estimate of drug-likeness (QED) is 0.833. The van der Waals surface area contributed by atoms with Crippen LogP contribution >= 0.6 is 11.6 Å². The minimum Gasteiger partial charge on any atom is -0.381 e. The van der Waals surface area contributed by atoms with E-state index in [0.717, 1.165) is 55.0 Å². The SMILES string of the molecule is Cc1cc(CNC(=O)N(C)[C@@H]2CCCN(C(=O)C3CCCOC3)C2)ccc1Cl. The van der Waals surface area contributed by atoms with E-state index in [1.807, 2.05) is 37.1 Å². The van der Waals surface area contributed by atoms with Crippen molar-refractivity contribution in [3.63, 3.8) is 0 Å². The summed E-state index contributed by atoms with van der Waals surface area (Å²) < 4.78 is 5.47. The maximum absolute atomic E-state index is 12.8. The van der Waals surface area contributed by atoms with Crippen LogP contribution in [0.2, 0.25) is 5.02 Å². The summed E-state index contributed by atoms with van der Waals surface area (Å²) in [5.41, 5.74) is 2.01. The Bertz CT molecular complexity index is 706. The van der Waals surface area contributed by atoms with Gasteiger partial charge in [-0.2, -0.15) is 0 Å². The normalized spacial score (nSPS) is 22.6. The van der Waals surface area contributed by atoms with Gasteiger partial charge in [0, 0.05) is 38.3 Å². The van der Waals surface area contributed by atoms with Crippen molar-refractivity contribution >= 4 is 23.5 Å². The highest BCUT2D eigenvalue weighted by molar-refractivity contribution is 6.31. The molecular formula is C21H30ClN3O3. The fraction of sp³-hybridized carbons (Fsp3) is 0.619. The first-order chi connectivity index (χ1) is 13.5. The molecule has 154 valence electrons. The molecule has 3 amide bonds. The van der Waals surface area contributed by atoms with E-state index < -0.39 is 0 Å². The van der Waals surface area contributed by atoms with Crippen LogP contribution in [0.15, 0.2) is 18.2 Å². The predicted octanol–water partition coefficient (Wildman–Crippen LogP) is 3.21. The second-order valence-electron chi connectivity index (χ2n) is 7.85. The minimum absolute atomic E-state index is 0.0280. The summed E-state index contributed by atoms with van der Waals surface area (Å²) in [6.45, 7) is 5.05. The number of nitrogens with one attached hydrogen (secondary N) is 1. The second-order valence-corrected chi connectivity index (χ2v) is 8.25. The molecule has 1 unspecified atom stereocenters.